The van der Waals surface area contributed by atoms with Crippen LogP contribution in [0.4, 0.5) is 5.82 Å². The Kier molecular flexibility index (Phi) is 4.51. The van der Waals surface area contributed by atoms with Gasteiger partial charge in [-0.25, -0.2) is 9.97 Å². The molecule has 2 aromatic rings. The minimum absolute atomic E-state index is 0.0245. The van der Waals surface area contributed by atoms with Crippen molar-refractivity contribution in [3.63, 3.8) is 0 Å². The molecule has 24 heavy (non-hydrogen) atoms. The lowest BCUT2D eigenvalue weighted by Gasteiger charge is -2.24. The van der Waals surface area contributed by atoms with Crippen molar-refractivity contribution in [1.29, 1.82) is 0 Å². The first-order valence-electron chi connectivity index (χ1n) is 7.60. The van der Waals surface area contributed by atoms with Gasteiger partial charge in [0.1, 0.15) is 28.8 Å². The summed E-state index contributed by atoms with van der Waals surface area (Å²) in [5.41, 5.74) is 1.30. The van der Waals surface area contributed by atoms with Gasteiger partial charge in [-0.1, -0.05) is 18.5 Å². The zero-order valence-corrected chi connectivity index (χ0v) is 14.7. The number of aliphatic hydroxyl groups is 1. The molecule has 6 nitrogen and oxygen atoms in total. The van der Waals surface area contributed by atoms with Gasteiger partial charge < -0.3 is 19.5 Å². The van der Waals surface area contributed by atoms with Gasteiger partial charge >= 0.3 is 0 Å². The summed E-state index contributed by atoms with van der Waals surface area (Å²) in [5, 5.41) is 10.3. The normalized spacial score (nSPS) is 19.3. The zero-order chi connectivity index (χ0) is 17.3. The molecule has 0 fully saturated rings. The Bertz CT molecular complexity index is 756. The molecule has 0 bridgehead atoms. The van der Waals surface area contributed by atoms with Crippen molar-refractivity contribution >= 4 is 17.4 Å². The summed E-state index contributed by atoms with van der Waals surface area (Å²) in [7, 11) is 3.25. The van der Waals surface area contributed by atoms with E-state index in [9.17, 15) is 5.11 Å². The molecule has 0 saturated heterocycles. The van der Waals surface area contributed by atoms with Gasteiger partial charge in [-0.2, -0.15) is 0 Å². The molecule has 0 amide bonds. The highest BCUT2D eigenvalue weighted by Gasteiger charge is 2.42. The van der Waals surface area contributed by atoms with Crippen molar-refractivity contribution in [1.82, 2.24) is 9.97 Å². The number of anilines is 1. The first-order valence-corrected chi connectivity index (χ1v) is 7.98. The number of benzene rings is 1. The summed E-state index contributed by atoms with van der Waals surface area (Å²) in [4.78, 5) is 10.5. The van der Waals surface area contributed by atoms with Gasteiger partial charge in [0.05, 0.1) is 20.8 Å². The fraction of sp³-hybridized carbons (Fsp3) is 0.412. The number of rotatable bonds is 5. The number of halogens is 1. The van der Waals surface area contributed by atoms with Gasteiger partial charge in [0, 0.05) is 35.7 Å². The maximum Gasteiger partial charge on any atom is 0.138 e. The monoisotopic (exact) mass is 349 g/mol. The van der Waals surface area contributed by atoms with Gasteiger partial charge in [-0.05, 0) is 12.1 Å². The van der Waals surface area contributed by atoms with E-state index in [2.05, 4.69) is 14.9 Å². The van der Waals surface area contributed by atoms with Crippen LogP contribution in [0.5, 0.6) is 11.5 Å². The molecule has 128 valence electrons. The van der Waals surface area contributed by atoms with Crippen LogP contribution in [-0.2, 0) is 12.0 Å². The number of aromatic nitrogens is 2. The van der Waals surface area contributed by atoms with E-state index in [4.69, 9.17) is 21.1 Å². The lowest BCUT2D eigenvalue weighted by atomic mass is 9.87. The van der Waals surface area contributed by atoms with E-state index in [1.54, 1.807) is 14.2 Å². The summed E-state index contributed by atoms with van der Waals surface area (Å²) < 4.78 is 10.7. The van der Waals surface area contributed by atoms with E-state index in [1.165, 1.54) is 6.33 Å². The highest BCUT2D eigenvalue weighted by atomic mass is 35.5. The van der Waals surface area contributed by atoms with Crippen molar-refractivity contribution in [2.24, 2.45) is 0 Å². The molecule has 2 heterocycles. The SMILES string of the molecule is COc1ccc(CN2CC(C)(CO)c3c(Cl)ncnc32)c(OC)c1. The predicted octanol–water partition coefficient (Wildman–Crippen LogP) is 2.42. The van der Waals surface area contributed by atoms with Crippen molar-refractivity contribution in [2.45, 2.75) is 18.9 Å². The van der Waals surface area contributed by atoms with Gasteiger partial charge in [0.15, 0.2) is 0 Å². The number of aliphatic hydroxyl groups excluding tert-OH is 1. The second-order valence-corrected chi connectivity index (χ2v) is 6.47. The van der Waals surface area contributed by atoms with Gasteiger partial charge in [-0.3, -0.25) is 0 Å². The van der Waals surface area contributed by atoms with Crippen LogP contribution in [0.25, 0.3) is 0 Å². The summed E-state index contributed by atoms with van der Waals surface area (Å²) in [6.07, 6.45) is 1.45. The molecule has 1 aliphatic heterocycles. The van der Waals surface area contributed by atoms with Crippen LogP contribution in [-0.4, -0.2) is 42.4 Å². The van der Waals surface area contributed by atoms with Crippen LogP contribution in [0.2, 0.25) is 5.15 Å². The number of methoxy groups -OCH3 is 2. The molecule has 1 aliphatic rings. The predicted molar refractivity (Wildman–Crippen MR) is 92.1 cm³/mol. The van der Waals surface area contributed by atoms with Crippen LogP contribution in [0.15, 0.2) is 24.5 Å². The second-order valence-electron chi connectivity index (χ2n) is 6.12. The Balaban J connectivity index is 1.97. The first-order chi connectivity index (χ1) is 11.5. The fourth-order valence-corrected chi connectivity index (χ4v) is 3.49. The second kappa shape index (κ2) is 6.45. The molecular weight excluding hydrogens is 330 g/mol. The average Bonchev–Trinajstić information content (AvgIpc) is 2.89. The largest absolute Gasteiger partial charge is 0.497 e. The molecule has 3 rings (SSSR count). The van der Waals surface area contributed by atoms with Crippen LogP contribution < -0.4 is 14.4 Å². The van der Waals surface area contributed by atoms with Crippen molar-refractivity contribution in [3.05, 3.63) is 40.8 Å². The molecule has 0 saturated carbocycles. The number of ether oxygens (including phenoxy) is 2. The highest BCUT2D eigenvalue weighted by molar-refractivity contribution is 6.30. The number of nitrogens with zero attached hydrogens (tertiary/aromatic N) is 3. The Morgan fingerprint density at radius 3 is 2.75 bits per heavy atom. The maximum absolute atomic E-state index is 9.87. The van der Waals surface area contributed by atoms with Gasteiger partial charge in [-0.15, -0.1) is 0 Å². The lowest BCUT2D eigenvalue weighted by molar-refractivity contribution is 0.214. The topological polar surface area (TPSA) is 67.7 Å². The third kappa shape index (κ3) is 2.76. The van der Waals surface area contributed by atoms with Crippen LogP contribution >= 0.6 is 11.6 Å². The van der Waals surface area contributed by atoms with E-state index >= 15 is 0 Å². The molecule has 0 spiro atoms. The molecule has 0 aliphatic carbocycles. The standard InChI is InChI=1S/C17H20ClN3O3/c1-17(9-22)8-21(16-14(17)15(18)19-10-20-16)7-11-4-5-12(23-2)6-13(11)24-3/h4-6,10,22H,7-9H2,1-3H3. The Labute approximate surface area is 146 Å². The number of hydrogen-bond donors (Lipinski definition) is 1. The number of fused-ring (bicyclic) bond motifs is 1. The van der Waals surface area contributed by atoms with Crippen LogP contribution in [0.3, 0.4) is 0 Å². The first kappa shape index (κ1) is 16.8. The minimum Gasteiger partial charge on any atom is -0.497 e. The maximum atomic E-state index is 9.87. The Morgan fingerprint density at radius 1 is 1.29 bits per heavy atom. The van der Waals surface area contributed by atoms with Gasteiger partial charge in [0.2, 0.25) is 0 Å². The smallest absolute Gasteiger partial charge is 0.138 e. The van der Waals surface area contributed by atoms with Crippen molar-refractivity contribution < 1.29 is 14.6 Å². The molecule has 0 radical (unpaired) electrons. The van der Waals surface area contributed by atoms with Gasteiger partial charge in [0.25, 0.3) is 0 Å². The molecule has 1 unspecified atom stereocenters. The zero-order valence-electron chi connectivity index (χ0n) is 13.9. The third-order valence-corrected chi connectivity index (χ3v) is 4.71. The number of hydrogen-bond acceptors (Lipinski definition) is 6. The molecule has 1 aromatic heterocycles. The van der Waals surface area contributed by atoms with Crippen LogP contribution in [0, 0.1) is 0 Å². The minimum atomic E-state index is -0.493. The summed E-state index contributed by atoms with van der Waals surface area (Å²) in [6, 6.07) is 5.71. The molecule has 7 heteroatoms. The van der Waals surface area contributed by atoms with E-state index < -0.39 is 5.41 Å². The quantitative estimate of drug-likeness (QED) is 0.836. The summed E-state index contributed by atoms with van der Waals surface area (Å²) in [6.45, 7) is 3.13. The van der Waals surface area contributed by atoms with E-state index in [0.717, 1.165) is 28.4 Å². The summed E-state index contributed by atoms with van der Waals surface area (Å²) >= 11 is 6.27. The fourth-order valence-electron chi connectivity index (χ4n) is 3.14. The van der Waals surface area contributed by atoms with E-state index in [1.807, 2.05) is 25.1 Å². The van der Waals surface area contributed by atoms with Crippen LogP contribution in [0.1, 0.15) is 18.1 Å². The molecule has 1 atom stereocenters. The van der Waals surface area contributed by atoms with E-state index in [0.29, 0.717) is 18.2 Å². The molecular formula is C17H20ClN3O3. The molecule has 1 N–H and O–H groups in total. The Hall–Kier alpha value is -2.05. The van der Waals surface area contributed by atoms with Crippen molar-refractivity contribution in [2.75, 3.05) is 32.3 Å². The third-order valence-electron chi connectivity index (χ3n) is 4.43. The van der Waals surface area contributed by atoms with E-state index in [-0.39, 0.29) is 6.61 Å². The molecule has 1 aromatic carbocycles. The average molecular weight is 350 g/mol. The summed E-state index contributed by atoms with van der Waals surface area (Å²) in [5.74, 6) is 2.24. The lowest BCUT2D eigenvalue weighted by Crippen LogP contribution is -2.34. The van der Waals surface area contributed by atoms with Crippen molar-refractivity contribution in [3.8, 4) is 11.5 Å². The highest BCUT2D eigenvalue weighted by Crippen LogP contribution is 2.43. The Morgan fingerprint density at radius 2 is 2.08 bits per heavy atom.